The van der Waals surface area contributed by atoms with Crippen LogP contribution in [0.5, 0.6) is 0 Å². The number of carbonyl (C=O) groups is 1. The highest BCUT2D eigenvalue weighted by Gasteiger charge is 2.41. The molecule has 5 nitrogen and oxygen atoms in total. The second kappa shape index (κ2) is 7.64. The largest absolute Gasteiger partial charge is 0.339 e. The van der Waals surface area contributed by atoms with Gasteiger partial charge in [0, 0.05) is 55.6 Å². The molecule has 2 aromatic rings. The zero-order valence-electron chi connectivity index (χ0n) is 17.7. The van der Waals surface area contributed by atoms with Gasteiger partial charge in [-0.3, -0.25) is 0 Å². The first-order chi connectivity index (χ1) is 13.5. The maximum Gasteiger partial charge on any atom is 0.317 e. The average molecular weight is 401 g/mol. The number of nitrogens with zero attached hydrogens (tertiary/aromatic N) is 3. The summed E-state index contributed by atoms with van der Waals surface area (Å²) < 4.78 is 2.36. The van der Waals surface area contributed by atoms with E-state index in [1.54, 1.807) is 0 Å². The summed E-state index contributed by atoms with van der Waals surface area (Å²) >= 11 is 1.85. The standard InChI is InChI=1S/C22H32N4OS/c1-6-26(7-2)22(27)23-14-11-16-15-9-8-10-18-20(15)17(21(28-5)25(18)4)12-19(16)24(3)13-14/h8-10,14,16,19H,6-7,11-13H2,1-5H3,(H,23,27)/t14-,16?,19+/m0/s1. The van der Waals surface area contributed by atoms with Crippen molar-refractivity contribution in [3.63, 3.8) is 0 Å². The van der Waals surface area contributed by atoms with Crippen molar-refractivity contribution in [1.82, 2.24) is 19.7 Å². The van der Waals surface area contributed by atoms with Gasteiger partial charge in [-0.05, 0) is 57.2 Å². The lowest BCUT2D eigenvalue weighted by atomic mass is 9.74. The third-order valence-electron chi connectivity index (χ3n) is 6.76. The van der Waals surface area contributed by atoms with Crippen LogP contribution in [0.15, 0.2) is 23.2 Å². The Morgan fingerprint density at radius 2 is 2.04 bits per heavy atom. The van der Waals surface area contributed by atoms with Gasteiger partial charge in [0.25, 0.3) is 0 Å². The van der Waals surface area contributed by atoms with E-state index in [9.17, 15) is 4.79 Å². The number of thioether (sulfide) groups is 1. The number of hydrogen-bond donors (Lipinski definition) is 1. The van der Waals surface area contributed by atoms with Crippen molar-refractivity contribution in [1.29, 1.82) is 0 Å². The molecular weight excluding hydrogens is 368 g/mol. The van der Waals surface area contributed by atoms with Crippen LogP contribution in [-0.4, -0.2) is 65.4 Å². The van der Waals surface area contributed by atoms with Gasteiger partial charge in [-0.15, -0.1) is 11.8 Å². The van der Waals surface area contributed by atoms with Crippen LogP contribution in [0, 0.1) is 0 Å². The van der Waals surface area contributed by atoms with Crippen molar-refractivity contribution in [3.05, 3.63) is 29.3 Å². The highest BCUT2D eigenvalue weighted by Crippen LogP contribution is 2.46. The van der Waals surface area contributed by atoms with E-state index in [0.29, 0.717) is 12.0 Å². The number of urea groups is 1. The first-order valence-electron chi connectivity index (χ1n) is 10.4. The van der Waals surface area contributed by atoms with Crippen LogP contribution in [-0.2, 0) is 13.5 Å². The van der Waals surface area contributed by atoms with Crippen LogP contribution in [0.3, 0.4) is 0 Å². The Kier molecular flexibility index (Phi) is 5.36. The molecule has 2 aliphatic rings. The van der Waals surface area contributed by atoms with E-state index in [1.807, 2.05) is 30.5 Å². The van der Waals surface area contributed by atoms with E-state index in [2.05, 4.69) is 53.3 Å². The third kappa shape index (κ3) is 3.01. The second-order valence-electron chi connectivity index (χ2n) is 8.16. The summed E-state index contributed by atoms with van der Waals surface area (Å²) in [5, 5.41) is 6.16. The summed E-state index contributed by atoms with van der Waals surface area (Å²) in [6, 6.07) is 7.53. The Labute approximate surface area is 172 Å². The van der Waals surface area contributed by atoms with Crippen molar-refractivity contribution < 1.29 is 4.79 Å². The summed E-state index contributed by atoms with van der Waals surface area (Å²) in [6.07, 6.45) is 4.30. The van der Waals surface area contributed by atoms with Gasteiger partial charge in [0.05, 0.1) is 5.03 Å². The summed E-state index contributed by atoms with van der Waals surface area (Å²) in [6.45, 7) is 6.49. The fourth-order valence-corrected chi connectivity index (χ4v) is 6.20. The van der Waals surface area contributed by atoms with Crippen molar-refractivity contribution in [3.8, 4) is 0 Å². The van der Waals surface area contributed by atoms with Crippen molar-refractivity contribution in [2.24, 2.45) is 7.05 Å². The summed E-state index contributed by atoms with van der Waals surface area (Å²) in [4.78, 5) is 16.9. The molecule has 1 unspecified atom stereocenters. The molecule has 6 heteroatoms. The number of likely N-dealkylation sites (tertiary alicyclic amines) is 1. The van der Waals surface area contributed by atoms with E-state index in [1.165, 1.54) is 27.1 Å². The lowest BCUT2D eigenvalue weighted by Crippen LogP contribution is -2.56. The molecule has 1 fully saturated rings. The van der Waals surface area contributed by atoms with Crippen LogP contribution < -0.4 is 5.32 Å². The number of aromatic nitrogens is 1. The number of benzene rings is 1. The van der Waals surface area contributed by atoms with Gasteiger partial charge in [0.1, 0.15) is 0 Å². The Balaban J connectivity index is 1.68. The van der Waals surface area contributed by atoms with E-state index in [4.69, 9.17) is 0 Å². The van der Waals surface area contributed by atoms with Gasteiger partial charge >= 0.3 is 6.03 Å². The first-order valence-corrected chi connectivity index (χ1v) is 11.6. The lowest BCUT2D eigenvalue weighted by Gasteiger charge is -2.46. The molecule has 1 saturated heterocycles. The van der Waals surface area contributed by atoms with Crippen LogP contribution in [0.25, 0.3) is 10.9 Å². The molecule has 1 aliphatic carbocycles. The summed E-state index contributed by atoms with van der Waals surface area (Å²) in [7, 11) is 4.41. The minimum absolute atomic E-state index is 0.0703. The molecule has 1 aliphatic heterocycles. The van der Waals surface area contributed by atoms with E-state index in [0.717, 1.165) is 32.5 Å². The highest BCUT2D eigenvalue weighted by atomic mass is 32.2. The molecule has 0 saturated carbocycles. The molecular formula is C22H32N4OS. The van der Waals surface area contributed by atoms with E-state index < -0.39 is 0 Å². The highest BCUT2D eigenvalue weighted by molar-refractivity contribution is 7.98. The normalized spacial score (nSPS) is 24.2. The fourth-order valence-electron chi connectivity index (χ4n) is 5.39. The molecule has 1 aromatic carbocycles. The monoisotopic (exact) mass is 400 g/mol. The molecule has 3 atom stereocenters. The molecule has 4 rings (SSSR count). The lowest BCUT2D eigenvalue weighted by molar-refractivity contribution is 0.123. The summed E-state index contributed by atoms with van der Waals surface area (Å²) in [5.41, 5.74) is 4.32. The van der Waals surface area contributed by atoms with Gasteiger partial charge in [-0.25, -0.2) is 4.79 Å². The molecule has 28 heavy (non-hydrogen) atoms. The van der Waals surface area contributed by atoms with Gasteiger partial charge in [0.15, 0.2) is 0 Å². The van der Waals surface area contributed by atoms with Gasteiger partial charge < -0.3 is 19.7 Å². The predicted molar refractivity (Wildman–Crippen MR) is 117 cm³/mol. The third-order valence-corrected chi connectivity index (χ3v) is 7.67. The molecule has 0 radical (unpaired) electrons. The maximum absolute atomic E-state index is 12.6. The Morgan fingerprint density at radius 3 is 2.71 bits per heavy atom. The SMILES string of the molecule is CCN(CC)C(=O)N[C@H]1CC2c3cccc4c3c(c(SC)n4C)C[C@H]2N(C)C1. The number of piperidine rings is 1. The molecule has 0 spiro atoms. The number of amides is 2. The smallest absolute Gasteiger partial charge is 0.317 e. The van der Waals surface area contributed by atoms with Gasteiger partial charge in [-0.2, -0.15) is 0 Å². The van der Waals surface area contributed by atoms with Crippen LogP contribution in [0.2, 0.25) is 0 Å². The quantitative estimate of drug-likeness (QED) is 0.796. The van der Waals surface area contributed by atoms with E-state index >= 15 is 0 Å². The zero-order chi connectivity index (χ0) is 20.0. The second-order valence-corrected chi connectivity index (χ2v) is 8.96. The number of likely N-dealkylation sites (N-methyl/N-ethyl adjacent to an activating group) is 1. The Bertz CT molecular complexity index is 888. The number of rotatable bonds is 4. The number of fused-ring (bicyclic) bond motifs is 2. The molecule has 1 N–H and O–H groups in total. The van der Waals surface area contributed by atoms with Crippen LogP contribution in [0.4, 0.5) is 4.79 Å². The summed E-state index contributed by atoms with van der Waals surface area (Å²) in [5.74, 6) is 0.467. The minimum Gasteiger partial charge on any atom is -0.339 e. The number of carbonyl (C=O) groups excluding carboxylic acids is 1. The number of aryl methyl sites for hydroxylation is 1. The van der Waals surface area contributed by atoms with Crippen molar-refractivity contribution >= 4 is 28.7 Å². The van der Waals surface area contributed by atoms with Gasteiger partial charge in [-0.1, -0.05) is 12.1 Å². The topological polar surface area (TPSA) is 40.5 Å². The molecule has 152 valence electrons. The van der Waals surface area contributed by atoms with Crippen LogP contribution in [0.1, 0.15) is 37.3 Å². The number of hydrogen-bond acceptors (Lipinski definition) is 3. The van der Waals surface area contributed by atoms with Crippen LogP contribution >= 0.6 is 11.8 Å². The average Bonchev–Trinajstić information content (AvgIpc) is 2.96. The maximum atomic E-state index is 12.6. The molecule has 0 bridgehead atoms. The minimum atomic E-state index is 0.0703. The fraction of sp³-hybridized carbons (Fsp3) is 0.591. The van der Waals surface area contributed by atoms with Gasteiger partial charge in [0.2, 0.25) is 0 Å². The predicted octanol–water partition coefficient (Wildman–Crippen LogP) is 3.66. The van der Waals surface area contributed by atoms with E-state index in [-0.39, 0.29) is 12.1 Å². The Hall–Kier alpha value is -1.66. The molecule has 2 heterocycles. The zero-order valence-corrected chi connectivity index (χ0v) is 18.5. The van der Waals surface area contributed by atoms with Crippen molar-refractivity contribution in [2.75, 3.05) is 32.9 Å². The molecule has 2 amide bonds. The number of nitrogens with one attached hydrogen (secondary N) is 1. The van der Waals surface area contributed by atoms with Crippen molar-refractivity contribution in [2.45, 2.75) is 49.7 Å². The first kappa shape index (κ1) is 19.6. The Morgan fingerprint density at radius 1 is 1.29 bits per heavy atom. The molecule has 1 aromatic heterocycles.